The number of carbonyl (C=O) groups is 2. The van der Waals surface area contributed by atoms with Crippen LogP contribution in [0, 0.1) is 11.3 Å². The van der Waals surface area contributed by atoms with Gasteiger partial charge in [0, 0.05) is 44.4 Å². The van der Waals surface area contributed by atoms with Gasteiger partial charge in [-0.3, -0.25) is 9.59 Å². The van der Waals surface area contributed by atoms with E-state index in [1.165, 1.54) is 63.3 Å². The molecule has 0 atom stereocenters. The Labute approximate surface area is 234 Å². The number of esters is 1. The number of fused-ring (bicyclic) bond motifs is 3. The fourth-order valence-electron chi connectivity index (χ4n) is 7.48. The van der Waals surface area contributed by atoms with Crippen molar-refractivity contribution in [1.82, 2.24) is 0 Å². The van der Waals surface area contributed by atoms with Crippen molar-refractivity contribution in [2.24, 2.45) is 11.3 Å². The van der Waals surface area contributed by atoms with Gasteiger partial charge in [0.2, 0.25) is 5.91 Å². The van der Waals surface area contributed by atoms with E-state index in [1.54, 1.807) is 0 Å². The summed E-state index contributed by atoms with van der Waals surface area (Å²) in [6.45, 7) is 0.818. The second-order valence-electron chi connectivity index (χ2n) is 12.7. The van der Waals surface area contributed by atoms with Crippen LogP contribution in [0.1, 0.15) is 88.2 Å². The topological polar surface area (TPSA) is 49.9 Å². The standard InChI is InChI=1S/C34H46N2O3/c1-35(2)29-15-13-28(14-16-29)34-21-18-33(19-22-34,20-23-34)25-36(32(38)27-9-5-4-6-10-27)30-11-7-8-26(24-30)12-17-31(37)39-3/h7-8,11,13-16,24,27H,4-6,9-10,12,17-23,25H2,1-3H3. The van der Waals surface area contributed by atoms with Crippen molar-refractivity contribution in [2.45, 2.75) is 88.9 Å². The van der Waals surface area contributed by atoms with Crippen molar-refractivity contribution in [2.75, 3.05) is 37.5 Å². The summed E-state index contributed by atoms with van der Waals surface area (Å²) in [7, 11) is 5.63. The third-order valence-corrected chi connectivity index (χ3v) is 10.2. The third-order valence-electron chi connectivity index (χ3n) is 10.2. The van der Waals surface area contributed by atoms with E-state index in [2.05, 4.69) is 66.4 Å². The minimum atomic E-state index is -0.196. The van der Waals surface area contributed by atoms with Gasteiger partial charge in [-0.1, -0.05) is 43.5 Å². The summed E-state index contributed by atoms with van der Waals surface area (Å²) in [5.74, 6) is 0.255. The number of rotatable bonds is 9. The number of nitrogens with zero attached hydrogens (tertiary/aromatic N) is 2. The Kier molecular flexibility index (Phi) is 8.35. The molecule has 4 aliphatic carbocycles. The molecule has 0 aromatic heterocycles. The van der Waals surface area contributed by atoms with Crippen LogP contribution in [-0.2, 0) is 26.2 Å². The molecule has 4 saturated carbocycles. The average molecular weight is 531 g/mol. The Hall–Kier alpha value is -2.82. The zero-order chi connectivity index (χ0) is 27.5. The minimum Gasteiger partial charge on any atom is -0.469 e. The van der Waals surface area contributed by atoms with Gasteiger partial charge < -0.3 is 14.5 Å². The summed E-state index contributed by atoms with van der Waals surface area (Å²) >= 11 is 0. The van der Waals surface area contributed by atoms with Gasteiger partial charge in [-0.2, -0.15) is 0 Å². The molecule has 5 nitrogen and oxygen atoms in total. The molecule has 39 heavy (non-hydrogen) atoms. The van der Waals surface area contributed by atoms with E-state index in [0.717, 1.165) is 43.5 Å². The van der Waals surface area contributed by atoms with Gasteiger partial charge in [-0.15, -0.1) is 0 Å². The number of anilines is 2. The zero-order valence-corrected chi connectivity index (χ0v) is 24.2. The largest absolute Gasteiger partial charge is 0.469 e. The molecule has 0 radical (unpaired) electrons. The summed E-state index contributed by atoms with van der Waals surface area (Å²) in [6.07, 6.45) is 13.7. The van der Waals surface area contributed by atoms with Gasteiger partial charge in [0.1, 0.15) is 0 Å². The molecule has 0 heterocycles. The molecule has 0 N–H and O–H groups in total. The lowest BCUT2D eigenvalue weighted by molar-refractivity contribution is -0.140. The molecule has 4 fully saturated rings. The molecule has 210 valence electrons. The quantitative estimate of drug-likeness (QED) is 0.326. The van der Waals surface area contributed by atoms with Crippen LogP contribution in [0.25, 0.3) is 0 Å². The van der Waals surface area contributed by atoms with Gasteiger partial charge in [0.05, 0.1) is 7.11 Å². The first-order valence-corrected chi connectivity index (χ1v) is 15.1. The molecule has 5 heteroatoms. The van der Waals surface area contributed by atoms with Crippen molar-refractivity contribution < 1.29 is 14.3 Å². The van der Waals surface area contributed by atoms with Crippen LogP contribution in [0.3, 0.4) is 0 Å². The number of hydrogen-bond acceptors (Lipinski definition) is 4. The van der Waals surface area contributed by atoms with Gasteiger partial charge in [0.25, 0.3) is 0 Å². The smallest absolute Gasteiger partial charge is 0.305 e. The van der Waals surface area contributed by atoms with E-state index in [-0.39, 0.29) is 17.3 Å². The fraction of sp³-hybridized carbons (Fsp3) is 0.588. The summed E-state index contributed by atoms with van der Waals surface area (Å²) in [6, 6.07) is 17.6. The summed E-state index contributed by atoms with van der Waals surface area (Å²) in [4.78, 5) is 30.2. The van der Waals surface area contributed by atoms with E-state index < -0.39 is 0 Å². The summed E-state index contributed by atoms with van der Waals surface area (Å²) in [5, 5.41) is 0. The van der Waals surface area contributed by atoms with E-state index in [1.807, 2.05) is 6.07 Å². The number of benzene rings is 2. The van der Waals surface area contributed by atoms with E-state index in [9.17, 15) is 9.59 Å². The monoisotopic (exact) mass is 530 g/mol. The second-order valence-corrected chi connectivity index (χ2v) is 12.7. The lowest BCUT2D eigenvalue weighted by Crippen LogP contribution is -2.51. The molecule has 4 aliphatic rings. The van der Waals surface area contributed by atoms with Gasteiger partial charge in [0.15, 0.2) is 0 Å². The molecule has 2 bridgehead atoms. The van der Waals surface area contributed by atoms with E-state index in [4.69, 9.17) is 4.74 Å². The minimum absolute atomic E-state index is 0.135. The Morgan fingerprint density at radius 2 is 1.54 bits per heavy atom. The van der Waals surface area contributed by atoms with Crippen molar-refractivity contribution >= 4 is 23.3 Å². The van der Waals surface area contributed by atoms with Gasteiger partial charge in [-0.05, 0) is 104 Å². The zero-order valence-electron chi connectivity index (χ0n) is 24.2. The molecule has 2 aromatic carbocycles. The molecule has 0 spiro atoms. The number of carbonyl (C=O) groups excluding carboxylic acids is 2. The molecule has 6 rings (SSSR count). The van der Waals surface area contributed by atoms with Crippen LogP contribution < -0.4 is 9.80 Å². The summed E-state index contributed by atoms with van der Waals surface area (Å²) < 4.78 is 4.85. The summed E-state index contributed by atoms with van der Waals surface area (Å²) in [5.41, 5.74) is 5.32. The van der Waals surface area contributed by atoms with Crippen LogP contribution >= 0.6 is 0 Å². The highest BCUT2D eigenvalue weighted by Gasteiger charge is 2.50. The normalized spacial score (nSPS) is 24.8. The Morgan fingerprint density at radius 3 is 2.15 bits per heavy atom. The number of amides is 1. The lowest BCUT2D eigenvalue weighted by Gasteiger charge is -2.55. The Morgan fingerprint density at radius 1 is 0.872 bits per heavy atom. The van der Waals surface area contributed by atoms with Crippen molar-refractivity contribution in [3.8, 4) is 0 Å². The third kappa shape index (κ3) is 6.02. The van der Waals surface area contributed by atoms with Gasteiger partial charge in [-0.25, -0.2) is 0 Å². The highest BCUT2D eigenvalue weighted by atomic mass is 16.5. The predicted octanol–water partition coefficient (Wildman–Crippen LogP) is 7.06. The Balaban J connectivity index is 1.35. The van der Waals surface area contributed by atoms with Crippen molar-refractivity contribution in [3.05, 3.63) is 59.7 Å². The van der Waals surface area contributed by atoms with Crippen molar-refractivity contribution in [1.29, 1.82) is 0 Å². The molecular formula is C34H46N2O3. The van der Waals surface area contributed by atoms with Crippen LogP contribution in [0.4, 0.5) is 11.4 Å². The average Bonchev–Trinajstić information content (AvgIpc) is 3.00. The molecule has 0 unspecified atom stereocenters. The maximum atomic E-state index is 14.1. The number of aryl methyl sites for hydroxylation is 1. The van der Waals surface area contributed by atoms with Crippen LogP contribution in [0.2, 0.25) is 0 Å². The number of hydrogen-bond donors (Lipinski definition) is 0. The van der Waals surface area contributed by atoms with Crippen LogP contribution in [0.15, 0.2) is 48.5 Å². The van der Waals surface area contributed by atoms with Crippen LogP contribution in [-0.4, -0.2) is 39.6 Å². The highest BCUT2D eigenvalue weighted by Crippen LogP contribution is 2.58. The first kappa shape index (κ1) is 27.7. The first-order valence-electron chi connectivity index (χ1n) is 15.1. The molecule has 2 aromatic rings. The van der Waals surface area contributed by atoms with Crippen LogP contribution in [0.5, 0.6) is 0 Å². The number of ether oxygens (including phenoxy) is 1. The molecule has 1 amide bonds. The van der Waals surface area contributed by atoms with Crippen molar-refractivity contribution in [3.63, 3.8) is 0 Å². The molecule has 0 aliphatic heterocycles. The molecular weight excluding hydrogens is 484 g/mol. The fourth-order valence-corrected chi connectivity index (χ4v) is 7.48. The maximum absolute atomic E-state index is 14.1. The maximum Gasteiger partial charge on any atom is 0.305 e. The Bertz CT molecular complexity index is 1120. The second kappa shape index (κ2) is 11.7. The van der Waals surface area contributed by atoms with Gasteiger partial charge >= 0.3 is 5.97 Å². The predicted molar refractivity (Wildman–Crippen MR) is 158 cm³/mol. The number of methoxy groups -OCH3 is 1. The highest BCUT2D eigenvalue weighted by molar-refractivity contribution is 5.95. The molecule has 0 saturated heterocycles. The lowest BCUT2D eigenvalue weighted by atomic mass is 9.51. The SMILES string of the molecule is COC(=O)CCc1cccc(N(CC23CCC(c4ccc(N(C)C)cc4)(CC2)CC3)C(=O)C2CCCCC2)c1. The van der Waals surface area contributed by atoms with E-state index in [0.29, 0.717) is 24.2 Å². The first-order chi connectivity index (χ1) is 18.8. The van der Waals surface area contributed by atoms with E-state index >= 15 is 0 Å².